The van der Waals surface area contributed by atoms with Crippen molar-refractivity contribution in [3.63, 3.8) is 0 Å². The fraction of sp³-hybridized carbons (Fsp3) is 0.938. The minimum Gasteiger partial charge on any atom is -0.462 e. The molecule has 0 bridgehead atoms. The van der Waals surface area contributed by atoms with Gasteiger partial charge in [0, 0.05) is 19.3 Å². The van der Waals surface area contributed by atoms with Crippen molar-refractivity contribution in [2.45, 2.75) is 265 Å². The molecule has 320 valence electrons. The van der Waals surface area contributed by atoms with Crippen molar-refractivity contribution in [2.75, 3.05) is 13.2 Å². The van der Waals surface area contributed by atoms with Gasteiger partial charge in [-0.25, -0.2) is 0 Å². The molecule has 0 saturated carbocycles. The van der Waals surface area contributed by atoms with Crippen molar-refractivity contribution in [3.8, 4) is 0 Å². The first-order valence-corrected chi connectivity index (χ1v) is 23.8. The fourth-order valence-electron chi connectivity index (χ4n) is 7.07. The number of hydrogen-bond acceptors (Lipinski definition) is 6. The van der Waals surface area contributed by atoms with Gasteiger partial charge < -0.3 is 14.2 Å². The second-order valence-corrected chi connectivity index (χ2v) is 17.1. The van der Waals surface area contributed by atoms with Crippen LogP contribution in [0.4, 0.5) is 0 Å². The molecule has 0 N–H and O–H groups in total. The molecule has 0 aliphatic carbocycles. The number of rotatable bonds is 42. The van der Waals surface area contributed by atoms with Crippen LogP contribution in [0.25, 0.3) is 0 Å². The van der Waals surface area contributed by atoms with E-state index in [1.807, 2.05) is 0 Å². The van der Waals surface area contributed by atoms with Gasteiger partial charge in [-0.3, -0.25) is 14.4 Å². The molecule has 0 aromatic carbocycles. The minimum absolute atomic E-state index is 0.0658. The van der Waals surface area contributed by atoms with E-state index in [0.29, 0.717) is 19.3 Å². The molecule has 0 radical (unpaired) electrons. The van der Waals surface area contributed by atoms with Gasteiger partial charge in [-0.15, -0.1) is 0 Å². The van der Waals surface area contributed by atoms with Crippen LogP contribution in [-0.2, 0) is 28.6 Å². The quantitative estimate of drug-likeness (QED) is 0.0350. The smallest absolute Gasteiger partial charge is 0.306 e. The topological polar surface area (TPSA) is 78.9 Å². The Labute approximate surface area is 336 Å². The van der Waals surface area contributed by atoms with Gasteiger partial charge in [-0.05, 0) is 31.1 Å². The Bertz CT molecular complexity index is 826. The fourth-order valence-corrected chi connectivity index (χ4v) is 7.07. The predicted octanol–water partition coefficient (Wildman–Crippen LogP) is 15.0. The van der Waals surface area contributed by atoms with Crippen LogP contribution in [0.2, 0.25) is 0 Å². The number of ether oxygens (including phenoxy) is 3. The highest BCUT2D eigenvalue weighted by Gasteiger charge is 2.19. The lowest BCUT2D eigenvalue weighted by Crippen LogP contribution is -2.30. The van der Waals surface area contributed by atoms with E-state index >= 15 is 0 Å². The maximum Gasteiger partial charge on any atom is 0.306 e. The molecule has 0 aliphatic rings. The van der Waals surface area contributed by atoms with Gasteiger partial charge in [0.2, 0.25) is 0 Å². The van der Waals surface area contributed by atoms with E-state index in [2.05, 4.69) is 34.6 Å². The third-order valence-electron chi connectivity index (χ3n) is 11.1. The standard InChI is InChI=1S/C48H92O6/c1-6-8-9-26-35-40-48(51)54-45(42-53-47(50)39-34-30-25-21-17-16-19-23-28-32-37-44(5)7-2)41-52-46(49)38-33-29-24-20-15-13-11-10-12-14-18-22-27-31-36-43(3)4/h43-45H,6-42H2,1-5H3/t44?,45-/m1/s1. The second kappa shape index (κ2) is 41.1. The maximum atomic E-state index is 12.5. The third-order valence-corrected chi connectivity index (χ3v) is 11.1. The Morgan fingerprint density at radius 1 is 0.389 bits per heavy atom. The van der Waals surface area contributed by atoms with Gasteiger partial charge in [0.1, 0.15) is 13.2 Å². The normalized spacial score (nSPS) is 12.6. The van der Waals surface area contributed by atoms with E-state index in [-0.39, 0.29) is 31.1 Å². The zero-order chi connectivity index (χ0) is 39.7. The van der Waals surface area contributed by atoms with Gasteiger partial charge in [0.05, 0.1) is 0 Å². The third kappa shape index (κ3) is 40.1. The Hall–Kier alpha value is -1.59. The highest BCUT2D eigenvalue weighted by molar-refractivity contribution is 5.71. The largest absolute Gasteiger partial charge is 0.462 e. The van der Waals surface area contributed by atoms with E-state index in [0.717, 1.165) is 76.0 Å². The van der Waals surface area contributed by atoms with E-state index in [1.165, 1.54) is 141 Å². The van der Waals surface area contributed by atoms with Crippen LogP contribution in [-0.4, -0.2) is 37.2 Å². The SMILES string of the molecule is CCCCCCCC(=O)O[C@H](COC(=O)CCCCCCCCCCCCCCCCC(C)C)COC(=O)CCCCCCCCCCCCC(C)CC. The molecule has 0 spiro atoms. The Kier molecular flexibility index (Phi) is 39.8. The number of carbonyl (C=O) groups excluding carboxylic acids is 3. The molecule has 0 fully saturated rings. The maximum absolute atomic E-state index is 12.5. The van der Waals surface area contributed by atoms with Gasteiger partial charge in [-0.1, -0.05) is 221 Å². The summed E-state index contributed by atoms with van der Waals surface area (Å²) in [5, 5.41) is 0. The lowest BCUT2D eigenvalue weighted by molar-refractivity contribution is -0.167. The molecule has 0 heterocycles. The van der Waals surface area contributed by atoms with Crippen molar-refractivity contribution in [1.82, 2.24) is 0 Å². The van der Waals surface area contributed by atoms with E-state index < -0.39 is 6.10 Å². The highest BCUT2D eigenvalue weighted by atomic mass is 16.6. The summed E-state index contributed by atoms with van der Waals surface area (Å²) in [6.45, 7) is 11.3. The summed E-state index contributed by atoms with van der Waals surface area (Å²) >= 11 is 0. The van der Waals surface area contributed by atoms with Gasteiger partial charge in [-0.2, -0.15) is 0 Å². The van der Waals surface area contributed by atoms with E-state index in [1.54, 1.807) is 0 Å². The molecule has 0 aliphatic heterocycles. The highest BCUT2D eigenvalue weighted by Crippen LogP contribution is 2.17. The predicted molar refractivity (Wildman–Crippen MR) is 229 cm³/mol. The van der Waals surface area contributed by atoms with Crippen molar-refractivity contribution >= 4 is 17.9 Å². The van der Waals surface area contributed by atoms with Crippen LogP contribution >= 0.6 is 0 Å². The molecule has 2 atom stereocenters. The zero-order valence-corrected chi connectivity index (χ0v) is 36.8. The van der Waals surface area contributed by atoms with Crippen LogP contribution in [0, 0.1) is 11.8 Å². The molecule has 6 nitrogen and oxygen atoms in total. The van der Waals surface area contributed by atoms with Crippen molar-refractivity contribution in [2.24, 2.45) is 11.8 Å². The number of carbonyl (C=O) groups is 3. The molecule has 0 aromatic rings. The Morgan fingerprint density at radius 3 is 1.06 bits per heavy atom. The van der Waals surface area contributed by atoms with Crippen molar-refractivity contribution < 1.29 is 28.6 Å². The summed E-state index contributed by atoms with van der Waals surface area (Å²) in [5.41, 5.74) is 0. The van der Waals surface area contributed by atoms with Crippen LogP contribution in [0.5, 0.6) is 0 Å². The first kappa shape index (κ1) is 52.4. The molecule has 1 unspecified atom stereocenters. The van der Waals surface area contributed by atoms with Crippen LogP contribution < -0.4 is 0 Å². The monoisotopic (exact) mass is 765 g/mol. The lowest BCUT2D eigenvalue weighted by atomic mass is 9.99. The molecule has 0 amide bonds. The first-order chi connectivity index (χ1) is 26.3. The summed E-state index contributed by atoms with van der Waals surface area (Å²) in [7, 11) is 0. The number of esters is 3. The molecular formula is C48H92O6. The molecule has 54 heavy (non-hydrogen) atoms. The molecule has 0 saturated heterocycles. The molecule has 6 heteroatoms. The summed E-state index contributed by atoms with van der Waals surface area (Å²) in [6.07, 6.45) is 39.7. The Balaban J connectivity index is 4.11. The van der Waals surface area contributed by atoms with Crippen molar-refractivity contribution in [3.05, 3.63) is 0 Å². The van der Waals surface area contributed by atoms with E-state index in [4.69, 9.17) is 14.2 Å². The first-order valence-electron chi connectivity index (χ1n) is 23.8. The minimum atomic E-state index is -0.759. The summed E-state index contributed by atoms with van der Waals surface area (Å²) < 4.78 is 16.6. The lowest BCUT2D eigenvalue weighted by Gasteiger charge is -2.18. The van der Waals surface area contributed by atoms with Crippen LogP contribution in [0.3, 0.4) is 0 Å². The Morgan fingerprint density at radius 2 is 0.704 bits per heavy atom. The second-order valence-electron chi connectivity index (χ2n) is 17.1. The van der Waals surface area contributed by atoms with Gasteiger partial charge in [0.15, 0.2) is 6.10 Å². The molecule has 0 aromatic heterocycles. The summed E-state index contributed by atoms with van der Waals surface area (Å²) in [4.78, 5) is 37.5. The van der Waals surface area contributed by atoms with Crippen LogP contribution in [0.15, 0.2) is 0 Å². The van der Waals surface area contributed by atoms with Crippen molar-refractivity contribution in [1.29, 1.82) is 0 Å². The van der Waals surface area contributed by atoms with Crippen LogP contribution in [0.1, 0.15) is 259 Å². The molecular weight excluding hydrogens is 673 g/mol. The van der Waals surface area contributed by atoms with E-state index in [9.17, 15) is 14.4 Å². The average molecular weight is 765 g/mol. The summed E-state index contributed by atoms with van der Waals surface area (Å²) in [6, 6.07) is 0. The molecule has 0 rings (SSSR count). The zero-order valence-electron chi connectivity index (χ0n) is 36.8. The average Bonchev–Trinajstić information content (AvgIpc) is 3.15. The summed E-state index contributed by atoms with van der Waals surface area (Å²) in [5.74, 6) is 0.846. The number of unbranched alkanes of at least 4 members (excludes halogenated alkanes) is 26. The number of hydrogen-bond donors (Lipinski definition) is 0. The van der Waals surface area contributed by atoms with Gasteiger partial charge >= 0.3 is 17.9 Å². The van der Waals surface area contributed by atoms with Gasteiger partial charge in [0.25, 0.3) is 0 Å².